The Labute approximate surface area is 118 Å². The topological polar surface area (TPSA) is 53.2 Å². The lowest BCUT2D eigenvalue weighted by atomic mass is 9.94. The predicted molar refractivity (Wildman–Crippen MR) is 80.4 cm³/mol. The summed E-state index contributed by atoms with van der Waals surface area (Å²) in [6.45, 7) is 0. The van der Waals surface area contributed by atoms with Crippen molar-refractivity contribution in [3.05, 3.63) is 42.5 Å². The highest BCUT2D eigenvalue weighted by atomic mass is 32.1. The Morgan fingerprint density at radius 3 is 2.63 bits per heavy atom. The monoisotopic (exact) mass is 275 g/mol. The zero-order valence-corrected chi connectivity index (χ0v) is 11.4. The zero-order chi connectivity index (χ0) is 13.5. The maximum atomic E-state index is 11.9. The summed E-state index contributed by atoms with van der Waals surface area (Å²) >= 11 is 5.10. The summed E-state index contributed by atoms with van der Waals surface area (Å²) in [5, 5.41) is 3.37. The Balaban J connectivity index is 1.74. The molecule has 1 aliphatic rings. The molecule has 19 heavy (non-hydrogen) atoms. The number of allylic oxidation sites excluding steroid dienone is 2. The molecule has 4 nitrogen and oxygen atoms in total. The summed E-state index contributed by atoms with van der Waals surface area (Å²) in [5.41, 5.74) is 6.25. The minimum atomic E-state index is -0.0124. The van der Waals surface area contributed by atoms with Crippen LogP contribution in [0.1, 0.15) is 19.3 Å². The second-order valence-corrected chi connectivity index (χ2v) is 4.82. The van der Waals surface area contributed by atoms with Gasteiger partial charge in [0.2, 0.25) is 5.91 Å². The number of amides is 1. The molecule has 0 bridgehead atoms. The molecule has 0 fully saturated rings. The number of thiocarbonyl (C=S) groups is 1. The third-order valence-electron chi connectivity index (χ3n) is 2.97. The van der Waals surface area contributed by atoms with Gasteiger partial charge in [0.25, 0.3) is 0 Å². The van der Waals surface area contributed by atoms with Crippen LogP contribution in [0.15, 0.2) is 42.5 Å². The van der Waals surface area contributed by atoms with E-state index in [1.807, 2.05) is 36.4 Å². The van der Waals surface area contributed by atoms with Gasteiger partial charge >= 0.3 is 0 Å². The Hall–Kier alpha value is -1.88. The lowest BCUT2D eigenvalue weighted by Gasteiger charge is -2.18. The average Bonchev–Trinajstić information content (AvgIpc) is 2.47. The average molecular weight is 275 g/mol. The van der Waals surface area contributed by atoms with Crippen LogP contribution in [0.4, 0.5) is 5.69 Å². The van der Waals surface area contributed by atoms with E-state index in [1.165, 1.54) is 0 Å². The molecule has 3 N–H and O–H groups in total. The number of hydrogen-bond acceptors (Lipinski definition) is 2. The van der Waals surface area contributed by atoms with Crippen molar-refractivity contribution < 1.29 is 4.79 Å². The Morgan fingerprint density at radius 1 is 1.16 bits per heavy atom. The molecule has 0 radical (unpaired) electrons. The van der Waals surface area contributed by atoms with Crippen LogP contribution < -0.4 is 16.2 Å². The first kappa shape index (κ1) is 13.5. The fourth-order valence-electron chi connectivity index (χ4n) is 1.94. The molecule has 0 unspecified atom stereocenters. The van der Waals surface area contributed by atoms with Crippen molar-refractivity contribution >= 4 is 28.9 Å². The standard InChI is InChI=1S/C14H17N3OS/c18-13(11-7-3-1-4-8-11)16-17-14(19)15-12-9-5-2-6-10-12/h1-3,5-6,9-11H,4,7-8H2,(H,16,18)(H2,15,17,19)/t11-/m0/s1. The van der Waals surface area contributed by atoms with Crippen LogP contribution in [-0.2, 0) is 4.79 Å². The first-order valence-corrected chi connectivity index (χ1v) is 6.73. The van der Waals surface area contributed by atoms with Crippen LogP contribution in [-0.4, -0.2) is 11.0 Å². The minimum absolute atomic E-state index is 0.0124. The van der Waals surface area contributed by atoms with E-state index in [0.717, 1.165) is 24.9 Å². The van der Waals surface area contributed by atoms with E-state index in [-0.39, 0.29) is 11.8 Å². The summed E-state index contributed by atoms with van der Waals surface area (Å²) in [7, 11) is 0. The van der Waals surface area contributed by atoms with Gasteiger partial charge in [0, 0.05) is 11.6 Å². The van der Waals surface area contributed by atoms with Crippen molar-refractivity contribution in [3.8, 4) is 0 Å². The predicted octanol–water partition coefficient (Wildman–Crippen LogP) is 2.36. The van der Waals surface area contributed by atoms with Gasteiger partial charge in [-0.2, -0.15) is 0 Å². The van der Waals surface area contributed by atoms with Crippen molar-refractivity contribution in [2.24, 2.45) is 5.92 Å². The fourth-order valence-corrected chi connectivity index (χ4v) is 2.10. The number of nitrogens with one attached hydrogen (secondary N) is 3. The maximum Gasteiger partial charge on any atom is 0.241 e. The van der Waals surface area contributed by atoms with Crippen LogP contribution >= 0.6 is 12.2 Å². The normalized spacial score (nSPS) is 17.6. The summed E-state index contributed by atoms with van der Waals surface area (Å²) in [4.78, 5) is 11.9. The maximum absolute atomic E-state index is 11.9. The van der Waals surface area contributed by atoms with Crippen LogP contribution in [0.3, 0.4) is 0 Å². The van der Waals surface area contributed by atoms with E-state index in [1.54, 1.807) is 0 Å². The number of hydrazine groups is 1. The molecule has 0 saturated carbocycles. The number of carbonyl (C=O) groups excluding carboxylic acids is 1. The summed E-state index contributed by atoms with van der Waals surface area (Å²) < 4.78 is 0. The highest BCUT2D eigenvalue weighted by Gasteiger charge is 2.18. The van der Waals surface area contributed by atoms with Crippen LogP contribution in [0.5, 0.6) is 0 Å². The molecule has 0 saturated heterocycles. The van der Waals surface area contributed by atoms with Crippen LogP contribution in [0.25, 0.3) is 0 Å². The molecular weight excluding hydrogens is 258 g/mol. The lowest BCUT2D eigenvalue weighted by Crippen LogP contribution is -2.46. The molecule has 0 aliphatic heterocycles. The smallest absolute Gasteiger partial charge is 0.241 e. The van der Waals surface area contributed by atoms with Gasteiger partial charge in [0.05, 0.1) is 0 Å². The second kappa shape index (κ2) is 6.89. The number of hydrogen-bond donors (Lipinski definition) is 3. The largest absolute Gasteiger partial charge is 0.331 e. The molecule has 100 valence electrons. The molecule has 1 atom stereocenters. The lowest BCUT2D eigenvalue weighted by molar-refractivity contribution is -0.125. The summed E-state index contributed by atoms with van der Waals surface area (Å²) in [5.74, 6) is 0.0265. The van der Waals surface area contributed by atoms with Gasteiger partial charge in [-0.1, -0.05) is 30.4 Å². The first-order chi connectivity index (χ1) is 9.25. The van der Waals surface area contributed by atoms with Crippen LogP contribution in [0, 0.1) is 5.92 Å². The third-order valence-corrected chi connectivity index (χ3v) is 3.17. The van der Waals surface area contributed by atoms with E-state index in [4.69, 9.17) is 12.2 Å². The van der Waals surface area contributed by atoms with Gasteiger partial charge in [-0.3, -0.25) is 15.6 Å². The van der Waals surface area contributed by atoms with Gasteiger partial charge in [0.15, 0.2) is 5.11 Å². The highest BCUT2D eigenvalue weighted by molar-refractivity contribution is 7.80. The number of carbonyl (C=O) groups is 1. The Bertz CT molecular complexity index is 473. The van der Waals surface area contributed by atoms with E-state index >= 15 is 0 Å². The minimum Gasteiger partial charge on any atom is -0.331 e. The summed E-state index contributed by atoms with van der Waals surface area (Å²) in [6, 6.07) is 9.57. The first-order valence-electron chi connectivity index (χ1n) is 6.32. The molecule has 1 aliphatic carbocycles. The number of benzene rings is 1. The molecule has 0 heterocycles. The van der Waals surface area contributed by atoms with Crippen molar-refractivity contribution in [3.63, 3.8) is 0 Å². The molecular formula is C14H17N3OS. The van der Waals surface area contributed by atoms with E-state index in [0.29, 0.717) is 5.11 Å². The Kier molecular flexibility index (Phi) is 4.92. The van der Waals surface area contributed by atoms with Gasteiger partial charge in [-0.15, -0.1) is 0 Å². The van der Waals surface area contributed by atoms with Crippen LogP contribution in [0.2, 0.25) is 0 Å². The highest BCUT2D eigenvalue weighted by Crippen LogP contribution is 2.17. The molecule has 0 spiro atoms. The van der Waals surface area contributed by atoms with Crippen molar-refractivity contribution in [2.45, 2.75) is 19.3 Å². The number of para-hydroxylation sites is 1. The van der Waals surface area contributed by atoms with Gasteiger partial charge in [-0.25, -0.2) is 0 Å². The van der Waals surface area contributed by atoms with E-state index in [9.17, 15) is 4.79 Å². The van der Waals surface area contributed by atoms with Gasteiger partial charge in [0.1, 0.15) is 0 Å². The van der Waals surface area contributed by atoms with E-state index < -0.39 is 0 Å². The van der Waals surface area contributed by atoms with E-state index in [2.05, 4.69) is 22.2 Å². The SMILES string of the molecule is O=C(NNC(=S)Nc1ccccc1)[C@H]1CC=CCC1. The summed E-state index contributed by atoms with van der Waals surface area (Å²) in [6.07, 6.45) is 6.81. The van der Waals surface area contributed by atoms with Gasteiger partial charge in [-0.05, 0) is 43.6 Å². The van der Waals surface area contributed by atoms with Crippen molar-refractivity contribution in [1.29, 1.82) is 0 Å². The zero-order valence-electron chi connectivity index (χ0n) is 10.6. The molecule has 2 rings (SSSR count). The number of anilines is 1. The second-order valence-electron chi connectivity index (χ2n) is 4.42. The Morgan fingerprint density at radius 2 is 1.95 bits per heavy atom. The third kappa shape index (κ3) is 4.37. The molecule has 1 amide bonds. The number of rotatable bonds is 2. The molecule has 1 aromatic carbocycles. The fraction of sp³-hybridized carbons (Fsp3) is 0.286. The molecule has 1 aromatic rings. The quantitative estimate of drug-likeness (QED) is 0.440. The molecule has 5 heteroatoms. The van der Waals surface area contributed by atoms with Crippen molar-refractivity contribution in [2.75, 3.05) is 5.32 Å². The van der Waals surface area contributed by atoms with Gasteiger partial charge < -0.3 is 5.32 Å². The van der Waals surface area contributed by atoms with Crippen molar-refractivity contribution in [1.82, 2.24) is 10.9 Å². The molecule has 0 aromatic heterocycles.